The van der Waals surface area contributed by atoms with E-state index in [1.54, 1.807) is 34.5 Å². The highest BCUT2D eigenvalue weighted by atomic mass is 79.9. The lowest BCUT2D eigenvalue weighted by molar-refractivity contribution is -0.140. The summed E-state index contributed by atoms with van der Waals surface area (Å²) in [5, 5.41) is 3.15. The highest BCUT2D eigenvalue weighted by molar-refractivity contribution is 9.10. The van der Waals surface area contributed by atoms with E-state index in [2.05, 4.69) is 20.9 Å². The molecule has 2 amide bonds. The topological polar surface area (TPSA) is 53.5 Å². The second-order valence-corrected chi connectivity index (χ2v) is 6.58. The van der Waals surface area contributed by atoms with Crippen molar-refractivity contribution in [3.8, 4) is 0 Å². The molecule has 0 saturated carbocycles. The number of benzene rings is 1. The Labute approximate surface area is 149 Å². The molecule has 0 radical (unpaired) electrons. The Morgan fingerprint density at radius 3 is 2.54 bits per heavy atom. The van der Waals surface area contributed by atoms with Crippen molar-refractivity contribution in [2.45, 2.75) is 19.3 Å². The molecule has 0 unspecified atom stereocenters. The molecule has 2 aromatic rings. The summed E-state index contributed by atoms with van der Waals surface area (Å²) >= 11 is 3.36. The number of carbonyl (C=O) groups is 2. The van der Waals surface area contributed by atoms with Crippen molar-refractivity contribution >= 4 is 27.7 Å². The van der Waals surface area contributed by atoms with Crippen molar-refractivity contribution in [2.75, 3.05) is 13.1 Å². The van der Waals surface area contributed by atoms with Gasteiger partial charge in [-0.15, -0.1) is 0 Å². The van der Waals surface area contributed by atoms with E-state index in [1.165, 1.54) is 0 Å². The zero-order valence-electron chi connectivity index (χ0n) is 13.2. The number of rotatable bonds is 4. The number of aromatic nitrogens is 1. The summed E-state index contributed by atoms with van der Waals surface area (Å²) in [6.07, 6.45) is 5.28. The van der Waals surface area contributed by atoms with Crippen LogP contribution in [0.2, 0.25) is 0 Å². The first kappa shape index (κ1) is 16.6. The van der Waals surface area contributed by atoms with E-state index in [-0.39, 0.29) is 11.8 Å². The van der Waals surface area contributed by atoms with Gasteiger partial charge in [-0.2, -0.15) is 0 Å². The van der Waals surface area contributed by atoms with Crippen LogP contribution in [-0.2, 0) is 11.2 Å². The molecule has 24 heavy (non-hydrogen) atoms. The lowest BCUT2D eigenvalue weighted by Crippen LogP contribution is -2.44. The van der Waals surface area contributed by atoms with Crippen LogP contribution in [-0.4, -0.2) is 39.9 Å². The van der Waals surface area contributed by atoms with Crippen LogP contribution in [0.3, 0.4) is 0 Å². The van der Waals surface area contributed by atoms with Gasteiger partial charge in [0.1, 0.15) is 0 Å². The van der Waals surface area contributed by atoms with Gasteiger partial charge in [0, 0.05) is 41.9 Å². The molecule has 0 atom stereocenters. The van der Waals surface area contributed by atoms with E-state index in [4.69, 9.17) is 0 Å². The van der Waals surface area contributed by atoms with Crippen LogP contribution in [0.4, 0.5) is 0 Å². The maximum absolute atomic E-state index is 12.7. The number of amides is 2. The highest BCUT2D eigenvalue weighted by Gasteiger charge is 2.30. The Kier molecular flexibility index (Phi) is 5.25. The standard InChI is InChI=1S/C18H18BrN3O2/c19-16-7-5-15(6-8-16)18(24)22-12-2-11-21(22)17(23)9-4-14-3-1-10-20-13-14/h1,3,5-8,10,13H,2,4,9,11-12H2. The first-order valence-corrected chi connectivity index (χ1v) is 8.71. The Hall–Kier alpha value is -2.21. The highest BCUT2D eigenvalue weighted by Crippen LogP contribution is 2.18. The fraction of sp³-hybridized carbons (Fsp3) is 0.278. The molecule has 3 rings (SSSR count). The lowest BCUT2D eigenvalue weighted by Gasteiger charge is -2.28. The molecule has 6 heteroatoms. The zero-order valence-corrected chi connectivity index (χ0v) is 14.8. The van der Waals surface area contributed by atoms with Crippen LogP contribution in [0.25, 0.3) is 0 Å². The summed E-state index contributed by atoms with van der Waals surface area (Å²) < 4.78 is 0.921. The average Bonchev–Trinajstić information content (AvgIpc) is 3.10. The van der Waals surface area contributed by atoms with Gasteiger partial charge in [-0.05, 0) is 48.7 Å². The summed E-state index contributed by atoms with van der Waals surface area (Å²) in [4.78, 5) is 29.2. The van der Waals surface area contributed by atoms with Crippen LogP contribution < -0.4 is 0 Å². The minimum absolute atomic E-state index is 0.0261. The van der Waals surface area contributed by atoms with Crippen molar-refractivity contribution in [2.24, 2.45) is 0 Å². The molecule has 1 aromatic carbocycles. The fourth-order valence-corrected chi connectivity index (χ4v) is 3.01. The number of hydrazine groups is 1. The third-order valence-corrected chi connectivity index (χ3v) is 4.52. The quantitative estimate of drug-likeness (QED) is 0.809. The number of nitrogens with zero attached hydrogens (tertiary/aromatic N) is 3. The minimum atomic E-state index is -0.130. The van der Waals surface area contributed by atoms with Gasteiger partial charge in [0.15, 0.2) is 0 Å². The number of hydrogen-bond donors (Lipinski definition) is 0. The van der Waals surface area contributed by atoms with E-state index in [1.807, 2.05) is 24.3 Å². The van der Waals surface area contributed by atoms with Crippen LogP contribution in [0, 0.1) is 0 Å². The molecule has 1 fully saturated rings. The number of aryl methyl sites for hydroxylation is 1. The maximum atomic E-state index is 12.7. The Bertz CT molecular complexity index is 719. The van der Waals surface area contributed by atoms with Crippen molar-refractivity contribution < 1.29 is 9.59 Å². The second kappa shape index (κ2) is 7.57. The molecular formula is C18H18BrN3O2. The molecule has 1 saturated heterocycles. The first-order chi connectivity index (χ1) is 11.6. The Balaban J connectivity index is 1.65. The van der Waals surface area contributed by atoms with Gasteiger partial charge in [-0.1, -0.05) is 22.0 Å². The molecule has 0 aliphatic carbocycles. The third kappa shape index (κ3) is 3.82. The molecule has 1 aliphatic heterocycles. The van der Waals surface area contributed by atoms with Gasteiger partial charge < -0.3 is 0 Å². The van der Waals surface area contributed by atoms with Crippen LogP contribution in [0.1, 0.15) is 28.8 Å². The summed E-state index contributed by atoms with van der Waals surface area (Å²) in [5.74, 6) is -0.156. The first-order valence-electron chi connectivity index (χ1n) is 7.92. The fourth-order valence-electron chi connectivity index (χ4n) is 2.75. The smallest absolute Gasteiger partial charge is 0.272 e. The largest absolute Gasteiger partial charge is 0.273 e. The van der Waals surface area contributed by atoms with Crippen molar-refractivity contribution in [1.29, 1.82) is 0 Å². The average molecular weight is 388 g/mol. The van der Waals surface area contributed by atoms with Crippen molar-refractivity contribution in [3.63, 3.8) is 0 Å². The van der Waals surface area contributed by atoms with Gasteiger partial charge in [0.05, 0.1) is 0 Å². The molecule has 0 bridgehead atoms. The predicted molar refractivity (Wildman–Crippen MR) is 94.1 cm³/mol. The van der Waals surface area contributed by atoms with E-state index in [0.29, 0.717) is 31.5 Å². The molecular weight excluding hydrogens is 370 g/mol. The summed E-state index contributed by atoms with van der Waals surface area (Å²) in [6.45, 7) is 1.17. The number of halogens is 1. The van der Waals surface area contributed by atoms with Crippen LogP contribution >= 0.6 is 15.9 Å². The maximum Gasteiger partial charge on any atom is 0.272 e. The lowest BCUT2D eigenvalue weighted by atomic mass is 10.1. The Morgan fingerprint density at radius 2 is 1.83 bits per heavy atom. The zero-order chi connectivity index (χ0) is 16.9. The molecule has 0 N–H and O–H groups in total. The van der Waals surface area contributed by atoms with Gasteiger partial charge in [0.2, 0.25) is 5.91 Å². The van der Waals surface area contributed by atoms with E-state index in [0.717, 1.165) is 16.5 Å². The van der Waals surface area contributed by atoms with E-state index < -0.39 is 0 Å². The van der Waals surface area contributed by atoms with Crippen molar-refractivity contribution in [3.05, 3.63) is 64.4 Å². The molecule has 1 aliphatic rings. The van der Waals surface area contributed by atoms with Gasteiger partial charge in [0.25, 0.3) is 5.91 Å². The number of carbonyl (C=O) groups excluding carboxylic acids is 2. The molecule has 0 spiro atoms. The van der Waals surface area contributed by atoms with Gasteiger partial charge >= 0.3 is 0 Å². The second-order valence-electron chi connectivity index (χ2n) is 5.67. The summed E-state index contributed by atoms with van der Waals surface area (Å²) in [7, 11) is 0. The molecule has 5 nitrogen and oxygen atoms in total. The molecule has 2 heterocycles. The predicted octanol–water partition coefficient (Wildman–Crippen LogP) is 3.07. The number of hydrogen-bond acceptors (Lipinski definition) is 3. The molecule has 1 aromatic heterocycles. The van der Waals surface area contributed by atoms with E-state index in [9.17, 15) is 9.59 Å². The van der Waals surface area contributed by atoms with Crippen LogP contribution in [0.5, 0.6) is 0 Å². The SMILES string of the molecule is O=C(CCc1cccnc1)N1CCCN1C(=O)c1ccc(Br)cc1. The van der Waals surface area contributed by atoms with Crippen LogP contribution in [0.15, 0.2) is 53.3 Å². The normalized spacial score (nSPS) is 14.0. The van der Waals surface area contributed by atoms with Crippen molar-refractivity contribution in [1.82, 2.24) is 15.0 Å². The summed E-state index contributed by atoms with van der Waals surface area (Å²) in [6, 6.07) is 11.0. The van der Waals surface area contributed by atoms with E-state index >= 15 is 0 Å². The monoisotopic (exact) mass is 387 g/mol. The molecule has 124 valence electrons. The van der Waals surface area contributed by atoms with Gasteiger partial charge in [-0.25, -0.2) is 5.01 Å². The third-order valence-electron chi connectivity index (χ3n) is 4.00. The minimum Gasteiger partial charge on any atom is -0.273 e. The number of pyridine rings is 1. The summed E-state index contributed by atoms with van der Waals surface area (Å²) in [5.41, 5.74) is 1.61. The Morgan fingerprint density at radius 1 is 1.08 bits per heavy atom. The van der Waals surface area contributed by atoms with Gasteiger partial charge in [-0.3, -0.25) is 19.6 Å².